The Morgan fingerprint density at radius 3 is 1.31 bits per heavy atom. The van der Waals surface area contributed by atoms with Gasteiger partial charge < -0.3 is 18.1 Å². The van der Waals surface area contributed by atoms with Crippen LogP contribution in [0.3, 0.4) is 0 Å². The molecule has 14 heteroatoms. The third kappa shape index (κ3) is 6.96. The minimum atomic E-state index is -4.27. The van der Waals surface area contributed by atoms with Crippen LogP contribution >= 0.6 is 45.8 Å². The molecule has 0 saturated carbocycles. The van der Waals surface area contributed by atoms with Gasteiger partial charge in [-0.25, -0.2) is 0 Å². The van der Waals surface area contributed by atoms with E-state index in [2.05, 4.69) is 0 Å². The van der Waals surface area contributed by atoms with E-state index in [0.29, 0.717) is 37.9 Å². The zero-order valence-corrected chi connectivity index (χ0v) is 31.3. The van der Waals surface area contributed by atoms with Crippen LogP contribution in [0.2, 0.25) is 10.0 Å². The van der Waals surface area contributed by atoms with Gasteiger partial charge in [0.1, 0.15) is 0 Å². The first kappa shape index (κ1) is 36.9. The molecule has 4 aromatic carbocycles. The molecule has 1 aliphatic rings. The van der Waals surface area contributed by atoms with Gasteiger partial charge in [-0.15, -0.1) is 0 Å². The zero-order chi connectivity index (χ0) is 34.5. The predicted octanol–water partition coefficient (Wildman–Crippen LogP) is 11.1. The summed E-state index contributed by atoms with van der Waals surface area (Å²) in [6.07, 6.45) is 0. The van der Waals surface area contributed by atoms with E-state index in [-0.39, 0.29) is 26.4 Å². The van der Waals surface area contributed by atoms with Crippen LogP contribution in [-0.4, -0.2) is 26.4 Å². The van der Waals surface area contributed by atoms with Crippen molar-refractivity contribution in [1.82, 2.24) is 0 Å². The fraction of sp³-hybridized carbons (Fsp3) is 0.294. The van der Waals surface area contributed by atoms with Gasteiger partial charge in [-0.1, -0.05) is 77.8 Å². The van der Waals surface area contributed by atoms with Gasteiger partial charge in [0, 0.05) is 10.0 Å². The molecule has 0 aromatic heterocycles. The first-order valence-corrected chi connectivity index (χ1v) is 21.3. The summed E-state index contributed by atoms with van der Waals surface area (Å²) in [4.78, 5) is 0. The van der Waals surface area contributed by atoms with Crippen molar-refractivity contribution in [3.8, 4) is 0 Å². The van der Waals surface area contributed by atoms with Gasteiger partial charge in [0.15, 0.2) is 11.6 Å². The number of rotatable bonds is 15. The Bertz CT molecular complexity index is 1730. The lowest BCUT2D eigenvalue weighted by Gasteiger charge is -2.43. The highest BCUT2D eigenvalue weighted by molar-refractivity contribution is 7.76. The van der Waals surface area contributed by atoms with Crippen LogP contribution in [0.25, 0.3) is 0 Å². The van der Waals surface area contributed by atoms with Gasteiger partial charge in [-0.05, 0) is 87.4 Å². The second kappa shape index (κ2) is 15.6. The first-order chi connectivity index (χ1) is 23.1. The summed E-state index contributed by atoms with van der Waals surface area (Å²) in [5.74, 6) is -2.52. The second-order valence-corrected chi connectivity index (χ2v) is 18.2. The van der Waals surface area contributed by atoms with E-state index in [0.717, 1.165) is 0 Å². The molecule has 0 fully saturated rings. The highest BCUT2D eigenvalue weighted by Gasteiger charge is 2.60. The minimum Gasteiger partial charge on any atom is -0.307 e. The van der Waals surface area contributed by atoms with Crippen molar-refractivity contribution >= 4 is 62.5 Å². The van der Waals surface area contributed by atoms with Crippen LogP contribution in [0.4, 0.5) is 11.4 Å². The summed E-state index contributed by atoms with van der Waals surface area (Å²) < 4.78 is 74.3. The minimum absolute atomic E-state index is 0.0538. The van der Waals surface area contributed by atoms with E-state index < -0.39 is 34.2 Å². The lowest BCUT2D eigenvalue weighted by Crippen LogP contribution is -2.37. The Morgan fingerprint density at radius 2 is 0.958 bits per heavy atom. The number of anilines is 2. The van der Waals surface area contributed by atoms with E-state index in [9.17, 15) is 0 Å². The highest BCUT2D eigenvalue weighted by atomic mass is 35.5. The maximum Gasteiger partial charge on any atom is 0.357 e. The molecule has 0 N–H and O–H groups in total. The third-order valence-corrected chi connectivity index (χ3v) is 16.2. The molecule has 1 aliphatic heterocycles. The van der Waals surface area contributed by atoms with E-state index in [1.54, 1.807) is 134 Å². The van der Waals surface area contributed by atoms with Crippen molar-refractivity contribution < 1.29 is 31.8 Å². The smallest absolute Gasteiger partial charge is 0.307 e. The van der Waals surface area contributed by atoms with E-state index >= 15 is 13.7 Å². The number of hydrogen-bond acceptors (Lipinski definition) is 7. The van der Waals surface area contributed by atoms with Gasteiger partial charge in [0.05, 0.1) is 43.1 Å². The van der Waals surface area contributed by atoms with Crippen LogP contribution in [0.5, 0.6) is 0 Å². The topological polar surface area (TPSA) is 94.6 Å². The van der Waals surface area contributed by atoms with Crippen LogP contribution in [0.15, 0.2) is 103 Å². The Balaban J connectivity index is 1.94. The van der Waals surface area contributed by atoms with Crippen molar-refractivity contribution in [3.05, 3.63) is 124 Å². The van der Waals surface area contributed by atoms with E-state index in [4.69, 9.17) is 41.3 Å². The number of para-hydroxylation sites is 2. The molecular formula is C34H39Cl2N2O7P3. The van der Waals surface area contributed by atoms with E-state index in [1.165, 1.54) is 0 Å². The van der Waals surface area contributed by atoms with Crippen molar-refractivity contribution in [2.24, 2.45) is 0 Å². The number of nitrogens with zero attached hydrogens (tertiary/aromatic N) is 2. The highest BCUT2D eigenvalue weighted by Crippen LogP contribution is 2.79. The average molecular weight is 752 g/mol. The molecule has 1 heterocycles. The summed E-state index contributed by atoms with van der Waals surface area (Å²) in [5.41, 5.74) is 1.80. The molecule has 0 bridgehead atoms. The van der Waals surface area contributed by atoms with Crippen molar-refractivity contribution in [1.29, 1.82) is 0 Å². The predicted molar refractivity (Wildman–Crippen MR) is 195 cm³/mol. The Hall–Kier alpha value is -2.41. The largest absolute Gasteiger partial charge is 0.357 e. The van der Waals surface area contributed by atoms with Gasteiger partial charge in [0.25, 0.3) is 7.44 Å². The quantitative estimate of drug-likeness (QED) is 0.110. The summed E-state index contributed by atoms with van der Waals surface area (Å²) in [6, 6.07) is 29.7. The molecule has 9 nitrogen and oxygen atoms in total. The van der Waals surface area contributed by atoms with Gasteiger partial charge >= 0.3 is 15.2 Å². The maximum atomic E-state index is 16.8. The standard InChI is InChI=1S/C34H39Cl2N2O7P3/c1-5-42-47(40,43-6-2)33(26-16-14-18-28(35)24-26)37-31-22-12-13-23-32(31)38(46(37,39)30-20-10-9-11-21-30)34(27-17-15-19-29(36)25-27)48(41,44-7-3)45-8-4/h9-25,33-34H,5-8H2,1-4H3. The molecule has 0 aliphatic carbocycles. The van der Waals surface area contributed by atoms with Crippen molar-refractivity contribution in [2.45, 2.75) is 39.3 Å². The van der Waals surface area contributed by atoms with Crippen LogP contribution < -0.4 is 14.6 Å². The molecule has 0 saturated heterocycles. The Kier molecular flexibility index (Phi) is 12.0. The summed E-state index contributed by atoms with van der Waals surface area (Å²) in [7, 11) is -12.6. The zero-order valence-electron chi connectivity index (χ0n) is 27.1. The van der Waals surface area contributed by atoms with Gasteiger partial charge in [-0.3, -0.25) is 23.0 Å². The number of hydrogen-bond donors (Lipinski definition) is 0. The third-order valence-electron chi connectivity index (χ3n) is 7.64. The summed E-state index contributed by atoms with van der Waals surface area (Å²) in [5, 5.41) is 1.13. The van der Waals surface area contributed by atoms with Crippen LogP contribution in [0.1, 0.15) is 50.4 Å². The fourth-order valence-electron chi connectivity index (χ4n) is 6.01. The lowest BCUT2D eigenvalue weighted by molar-refractivity contribution is 0.212. The fourth-order valence-corrected chi connectivity index (χ4v) is 15.0. The monoisotopic (exact) mass is 750 g/mol. The molecule has 0 amide bonds. The molecule has 0 spiro atoms. The molecule has 48 heavy (non-hydrogen) atoms. The first-order valence-electron chi connectivity index (χ1n) is 15.7. The lowest BCUT2D eigenvalue weighted by atomic mass is 10.2. The van der Waals surface area contributed by atoms with Crippen molar-refractivity contribution in [3.63, 3.8) is 0 Å². The SMILES string of the molecule is CCOP(=O)(OCC)C(c1cccc(Cl)c1)N1c2ccccc2N(C(c2cccc(Cl)c2)P(=O)(OCC)OCC)P1(=O)c1ccccc1. The maximum absolute atomic E-state index is 16.8. The van der Waals surface area contributed by atoms with Crippen LogP contribution in [-0.2, 0) is 31.8 Å². The summed E-state index contributed by atoms with van der Waals surface area (Å²) >= 11 is 13.1. The van der Waals surface area contributed by atoms with Gasteiger partial charge in [-0.2, -0.15) is 0 Å². The van der Waals surface area contributed by atoms with E-state index in [1.807, 2.05) is 6.07 Å². The molecular weight excluding hydrogens is 712 g/mol. The average Bonchev–Trinajstić information content (AvgIpc) is 3.31. The summed E-state index contributed by atoms with van der Waals surface area (Å²) in [6.45, 7) is 7.09. The number of benzene rings is 4. The second-order valence-electron chi connectivity index (χ2n) is 10.7. The molecule has 2 atom stereocenters. The number of fused-ring (bicyclic) bond motifs is 1. The van der Waals surface area contributed by atoms with Crippen molar-refractivity contribution in [2.75, 3.05) is 35.8 Å². The molecule has 256 valence electrons. The molecule has 0 radical (unpaired) electrons. The van der Waals surface area contributed by atoms with Crippen LogP contribution in [0, 0.1) is 0 Å². The number of halogens is 2. The molecule has 2 unspecified atom stereocenters. The molecule has 5 rings (SSSR count). The normalized spacial score (nSPS) is 17.7. The van der Waals surface area contributed by atoms with Gasteiger partial charge in [0.2, 0.25) is 0 Å². The Morgan fingerprint density at radius 1 is 0.583 bits per heavy atom. The molecule has 4 aromatic rings. The Labute approximate surface area is 292 Å².